The maximum absolute atomic E-state index is 12.0. The largest absolute Gasteiger partial charge is 0.456 e. The molecule has 1 heterocycles. The fourth-order valence-electron chi connectivity index (χ4n) is 2.01. The van der Waals surface area contributed by atoms with Gasteiger partial charge < -0.3 is 14.2 Å². The maximum atomic E-state index is 12.0. The molecule has 0 amide bonds. The average Bonchev–Trinajstić information content (AvgIpc) is 2.94. The molecule has 1 aliphatic heterocycles. The monoisotopic (exact) mass is 371 g/mol. The highest BCUT2D eigenvalue weighted by molar-refractivity contribution is 8.00. The molecule has 7 nitrogen and oxygen atoms in total. The van der Waals surface area contributed by atoms with Crippen LogP contribution in [-0.2, 0) is 28.6 Å². The SMILES string of the molecule is CC(=O)OC1COCC1OC(=O)CSc1cc(N=C=O)ccc1Cl. The summed E-state index contributed by atoms with van der Waals surface area (Å²) in [4.78, 5) is 37.3. The van der Waals surface area contributed by atoms with Crippen molar-refractivity contribution in [1.82, 2.24) is 0 Å². The number of halogens is 1. The second kappa shape index (κ2) is 8.84. The van der Waals surface area contributed by atoms with E-state index in [0.29, 0.717) is 15.6 Å². The van der Waals surface area contributed by atoms with Crippen LogP contribution in [0.5, 0.6) is 0 Å². The van der Waals surface area contributed by atoms with Crippen LogP contribution in [0, 0.1) is 0 Å². The van der Waals surface area contributed by atoms with Crippen LogP contribution >= 0.6 is 23.4 Å². The van der Waals surface area contributed by atoms with Gasteiger partial charge in [-0.05, 0) is 18.2 Å². The molecule has 2 atom stereocenters. The summed E-state index contributed by atoms with van der Waals surface area (Å²) in [5.74, 6) is -0.953. The summed E-state index contributed by atoms with van der Waals surface area (Å²) in [6.07, 6.45) is 0.226. The maximum Gasteiger partial charge on any atom is 0.316 e. The van der Waals surface area contributed by atoms with Gasteiger partial charge in [0, 0.05) is 11.8 Å². The van der Waals surface area contributed by atoms with E-state index in [1.807, 2.05) is 0 Å². The number of hydrogen-bond donors (Lipinski definition) is 0. The zero-order valence-corrected chi connectivity index (χ0v) is 14.3. The smallest absolute Gasteiger partial charge is 0.316 e. The molecule has 0 N–H and O–H groups in total. The lowest BCUT2D eigenvalue weighted by atomic mass is 10.2. The predicted molar refractivity (Wildman–Crippen MR) is 86.2 cm³/mol. The minimum Gasteiger partial charge on any atom is -0.456 e. The lowest BCUT2D eigenvalue weighted by Gasteiger charge is -2.17. The third-order valence-electron chi connectivity index (χ3n) is 3.01. The van der Waals surface area contributed by atoms with Gasteiger partial charge in [0.15, 0.2) is 12.2 Å². The van der Waals surface area contributed by atoms with Gasteiger partial charge in [0.2, 0.25) is 6.08 Å². The lowest BCUT2D eigenvalue weighted by Crippen LogP contribution is -2.33. The lowest BCUT2D eigenvalue weighted by molar-refractivity contribution is -0.160. The van der Waals surface area contributed by atoms with E-state index < -0.39 is 24.1 Å². The molecule has 2 unspecified atom stereocenters. The summed E-state index contributed by atoms with van der Waals surface area (Å²) < 4.78 is 15.5. The highest BCUT2D eigenvalue weighted by Gasteiger charge is 2.34. The van der Waals surface area contributed by atoms with Gasteiger partial charge >= 0.3 is 11.9 Å². The molecule has 1 fully saturated rings. The van der Waals surface area contributed by atoms with E-state index in [9.17, 15) is 14.4 Å². The van der Waals surface area contributed by atoms with E-state index in [0.717, 1.165) is 11.8 Å². The first-order valence-corrected chi connectivity index (χ1v) is 8.30. The topological polar surface area (TPSA) is 91.3 Å². The third kappa shape index (κ3) is 5.35. The van der Waals surface area contributed by atoms with Gasteiger partial charge in [-0.25, -0.2) is 4.79 Å². The van der Waals surface area contributed by atoms with Crippen LogP contribution in [-0.4, -0.2) is 49.2 Å². The Kier molecular flexibility index (Phi) is 6.81. The van der Waals surface area contributed by atoms with Crippen LogP contribution in [0.3, 0.4) is 0 Å². The number of carbonyl (C=O) groups excluding carboxylic acids is 3. The Morgan fingerprint density at radius 2 is 2.08 bits per heavy atom. The Balaban J connectivity index is 1.90. The van der Waals surface area contributed by atoms with Crippen molar-refractivity contribution in [3.05, 3.63) is 23.2 Å². The number of thioether (sulfide) groups is 1. The number of nitrogens with zero attached hydrogens (tertiary/aromatic N) is 1. The highest BCUT2D eigenvalue weighted by atomic mass is 35.5. The van der Waals surface area contributed by atoms with Crippen LogP contribution in [0.1, 0.15) is 6.92 Å². The highest BCUT2D eigenvalue weighted by Crippen LogP contribution is 2.31. The van der Waals surface area contributed by atoms with Crippen molar-refractivity contribution in [1.29, 1.82) is 0 Å². The number of esters is 2. The molecule has 24 heavy (non-hydrogen) atoms. The number of benzene rings is 1. The number of aliphatic imine (C=N–C) groups is 1. The number of hydrogen-bond acceptors (Lipinski definition) is 8. The molecule has 0 spiro atoms. The first-order chi connectivity index (χ1) is 11.5. The van der Waals surface area contributed by atoms with Gasteiger partial charge in [-0.2, -0.15) is 4.99 Å². The predicted octanol–water partition coefficient (Wildman–Crippen LogP) is 2.27. The molecule has 0 radical (unpaired) electrons. The summed E-state index contributed by atoms with van der Waals surface area (Å²) in [7, 11) is 0. The number of isocyanates is 1. The molecular formula is C15H14ClNO6S. The molecule has 1 aromatic rings. The Hall–Kier alpha value is -1.86. The van der Waals surface area contributed by atoms with Crippen LogP contribution in [0.25, 0.3) is 0 Å². The summed E-state index contributed by atoms with van der Waals surface area (Å²) in [5.41, 5.74) is 0.393. The van der Waals surface area contributed by atoms with Gasteiger partial charge in [0.25, 0.3) is 0 Å². The van der Waals surface area contributed by atoms with E-state index in [1.54, 1.807) is 18.2 Å². The van der Waals surface area contributed by atoms with Crippen molar-refractivity contribution >= 4 is 47.1 Å². The number of carbonyl (C=O) groups is 2. The molecule has 0 aromatic heterocycles. The van der Waals surface area contributed by atoms with Crippen molar-refractivity contribution in [2.24, 2.45) is 4.99 Å². The van der Waals surface area contributed by atoms with E-state index in [4.69, 9.17) is 25.8 Å². The first-order valence-electron chi connectivity index (χ1n) is 6.94. The molecule has 128 valence electrons. The second-order valence-corrected chi connectivity index (χ2v) is 6.24. The number of ether oxygens (including phenoxy) is 3. The van der Waals surface area contributed by atoms with E-state index in [-0.39, 0.29) is 19.0 Å². The summed E-state index contributed by atoms with van der Waals surface area (Å²) in [5, 5.41) is 0.430. The van der Waals surface area contributed by atoms with Gasteiger partial charge in [-0.1, -0.05) is 11.6 Å². The Bertz CT molecular complexity index is 676. The molecule has 1 saturated heterocycles. The van der Waals surface area contributed by atoms with E-state index in [2.05, 4.69) is 4.99 Å². The average molecular weight is 372 g/mol. The molecule has 2 rings (SSSR count). The number of rotatable bonds is 6. The minimum absolute atomic E-state index is 0.00271. The van der Waals surface area contributed by atoms with Crippen LogP contribution in [0.4, 0.5) is 5.69 Å². The molecule has 9 heteroatoms. The van der Waals surface area contributed by atoms with Gasteiger partial charge in [-0.3, -0.25) is 9.59 Å². The summed E-state index contributed by atoms with van der Waals surface area (Å²) in [6, 6.07) is 4.72. The van der Waals surface area contributed by atoms with Gasteiger partial charge in [0.05, 0.1) is 29.7 Å². The van der Waals surface area contributed by atoms with Gasteiger partial charge in [0.1, 0.15) is 0 Å². The fraction of sp³-hybridized carbons (Fsp3) is 0.400. The van der Waals surface area contributed by atoms with Crippen LogP contribution < -0.4 is 0 Å². The fourth-order valence-corrected chi connectivity index (χ4v) is 3.05. The van der Waals surface area contributed by atoms with Gasteiger partial charge in [-0.15, -0.1) is 11.8 Å². The quantitative estimate of drug-likeness (QED) is 0.328. The zero-order chi connectivity index (χ0) is 17.5. The normalized spacial score (nSPS) is 19.4. The zero-order valence-electron chi connectivity index (χ0n) is 12.7. The Morgan fingerprint density at radius 3 is 2.75 bits per heavy atom. The van der Waals surface area contributed by atoms with Crippen molar-refractivity contribution in [3.63, 3.8) is 0 Å². The first kappa shape index (κ1) is 18.5. The molecule has 0 aliphatic carbocycles. The molecule has 1 aromatic carbocycles. The third-order valence-corrected chi connectivity index (χ3v) is 4.48. The Morgan fingerprint density at radius 1 is 1.38 bits per heavy atom. The van der Waals surface area contributed by atoms with Crippen molar-refractivity contribution in [3.8, 4) is 0 Å². The minimum atomic E-state index is -0.622. The Labute approximate surface area is 147 Å². The second-order valence-electron chi connectivity index (χ2n) is 4.82. The molecule has 0 bridgehead atoms. The van der Waals surface area contributed by atoms with E-state index >= 15 is 0 Å². The molecular weight excluding hydrogens is 358 g/mol. The molecule has 0 saturated carbocycles. The van der Waals surface area contributed by atoms with E-state index in [1.165, 1.54) is 13.0 Å². The van der Waals surface area contributed by atoms with Crippen molar-refractivity contribution in [2.45, 2.75) is 24.0 Å². The summed E-state index contributed by atoms with van der Waals surface area (Å²) >= 11 is 7.19. The standard InChI is InChI=1S/C15H14ClNO6S/c1-9(19)22-12-5-21-6-13(12)23-15(20)7-24-14-4-10(17-8-18)2-3-11(14)16/h2-4,12-13H,5-7H2,1H3. The van der Waals surface area contributed by atoms with Crippen molar-refractivity contribution in [2.75, 3.05) is 19.0 Å². The summed E-state index contributed by atoms with van der Waals surface area (Å²) in [6.45, 7) is 1.66. The van der Waals surface area contributed by atoms with Crippen LogP contribution in [0.2, 0.25) is 5.02 Å². The molecule has 1 aliphatic rings. The van der Waals surface area contributed by atoms with Crippen LogP contribution in [0.15, 0.2) is 28.1 Å². The van der Waals surface area contributed by atoms with Crippen molar-refractivity contribution < 1.29 is 28.6 Å².